The third-order valence-corrected chi connectivity index (χ3v) is 6.04. The summed E-state index contributed by atoms with van der Waals surface area (Å²) >= 11 is 9.83. The molecule has 1 fully saturated rings. The highest BCUT2D eigenvalue weighted by Crippen LogP contribution is 2.38. The van der Waals surface area contributed by atoms with E-state index < -0.39 is 11.8 Å². The number of hydrogen-bond acceptors (Lipinski definition) is 6. The molecule has 0 radical (unpaired) electrons. The van der Waals surface area contributed by atoms with Gasteiger partial charge in [-0.15, -0.1) is 0 Å². The second kappa shape index (κ2) is 8.98. The van der Waals surface area contributed by atoms with E-state index in [1.165, 1.54) is 7.11 Å². The van der Waals surface area contributed by atoms with Gasteiger partial charge in [0.2, 0.25) is 0 Å². The normalized spacial score (nSPS) is 15.0. The van der Waals surface area contributed by atoms with Gasteiger partial charge in [0.15, 0.2) is 15.8 Å². The number of ether oxygens (including phenoxy) is 2. The van der Waals surface area contributed by atoms with Crippen LogP contribution in [-0.4, -0.2) is 35.4 Å². The lowest BCUT2D eigenvalue weighted by Crippen LogP contribution is -2.45. The zero-order chi connectivity index (χ0) is 21.1. The fraction of sp³-hybridized carbons (Fsp3) is 0.150. The number of halogens is 1. The van der Waals surface area contributed by atoms with Crippen molar-refractivity contribution < 1.29 is 19.1 Å². The Balaban J connectivity index is 1.84. The molecule has 0 bridgehead atoms. The van der Waals surface area contributed by atoms with Gasteiger partial charge in [-0.05, 0) is 70.5 Å². The number of carbonyl (C=O) groups excluding carboxylic acids is 2. The predicted octanol–water partition coefficient (Wildman–Crippen LogP) is 4.32. The molecule has 1 N–H and O–H groups in total. The summed E-state index contributed by atoms with van der Waals surface area (Å²) < 4.78 is 11.6. The van der Waals surface area contributed by atoms with E-state index in [2.05, 4.69) is 21.4 Å². The molecular weight excluding hydrogens is 476 g/mol. The van der Waals surface area contributed by atoms with Crippen LogP contribution in [0.2, 0.25) is 0 Å². The molecule has 2 amide bonds. The molecule has 2 aromatic carbocycles. The fourth-order valence-electron chi connectivity index (χ4n) is 2.73. The van der Waals surface area contributed by atoms with Crippen LogP contribution in [0.1, 0.15) is 21.5 Å². The lowest BCUT2D eigenvalue weighted by molar-refractivity contribution is -0.123. The van der Waals surface area contributed by atoms with Crippen molar-refractivity contribution in [3.63, 3.8) is 0 Å². The van der Waals surface area contributed by atoms with Crippen molar-refractivity contribution >= 4 is 62.1 Å². The quantitative estimate of drug-likeness (QED) is 0.495. The molecule has 1 aliphatic rings. The monoisotopic (exact) mass is 492 g/mol. The van der Waals surface area contributed by atoms with Crippen LogP contribution in [0.15, 0.2) is 45.8 Å². The summed E-state index contributed by atoms with van der Waals surface area (Å²) in [7, 11) is 3.08. The van der Waals surface area contributed by atoms with Gasteiger partial charge in [-0.2, -0.15) is 5.01 Å². The van der Waals surface area contributed by atoms with Crippen LogP contribution in [0.5, 0.6) is 11.5 Å². The summed E-state index contributed by atoms with van der Waals surface area (Å²) in [5.41, 5.74) is 4.60. The maximum Gasteiger partial charge on any atom is 0.285 e. The largest absolute Gasteiger partial charge is 0.493 e. The Kier molecular flexibility index (Phi) is 6.61. The number of hydrazine groups is 1. The van der Waals surface area contributed by atoms with Crippen LogP contribution >= 0.6 is 39.9 Å². The van der Waals surface area contributed by atoms with Crippen molar-refractivity contribution in [3.8, 4) is 11.5 Å². The van der Waals surface area contributed by atoms with E-state index >= 15 is 0 Å². The van der Waals surface area contributed by atoms with Crippen molar-refractivity contribution in [3.05, 3.63) is 62.5 Å². The van der Waals surface area contributed by atoms with Gasteiger partial charge in [-0.25, -0.2) is 0 Å². The highest BCUT2D eigenvalue weighted by molar-refractivity contribution is 9.10. The highest BCUT2D eigenvalue weighted by Gasteiger charge is 2.34. The van der Waals surface area contributed by atoms with Crippen molar-refractivity contribution in [2.75, 3.05) is 14.2 Å². The van der Waals surface area contributed by atoms with E-state index in [9.17, 15) is 9.59 Å². The Bertz CT molecular complexity index is 1040. The number of thiocarbonyl (C=S) groups is 1. The SMILES string of the molecule is COc1cc(/C=C2\SC(=S)N(NC(=O)c3ccccc3C)C2=O)cc(Br)c1OC. The van der Waals surface area contributed by atoms with E-state index in [1.807, 2.05) is 19.1 Å². The minimum atomic E-state index is -0.396. The van der Waals surface area contributed by atoms with Gasteiger partial charge < -0.3 is 9.47 Å². The highest BCUT2D eigenvalue weighted by atomic mass is 79.9. The Morgan fingerprint density at radius 1 is 1.24 bits per heavy atom. The molecule has 0 unspecified atom stereocenters. The Hall–Kier alpha value is -2.36. The topological polar surface area (TPSA) is 67.9 Å². The average Bonchev–Trinajstić information content (AvgIpc) is 2.95. The number of nitrogens with one attached hydrogen (secondary N) is 1. The molecular formula is C20H17BrN2O4S2. The summed E-state index contributed by atoms with van der Waals surface area (Å²) in [4.78, 5) is 25.7. The van der Waals surface area contributed by atoms with Crippen molar-refractivity contribution in [1.29, 1.82) is 0 Å². The number of amides is 2. The molecule has 2 aromatic rings. The molecule has 9 heteroatoms. The number of rotatable bonds is 5. The summed E-state index contributed by atoms with van der Waals surface area (Å²) in [5.74, 6) is 0.293. The molecule has 150 valence electrons. The zero-order valence-electron chi connectivity index (χ0n) is 15.8. The van der Waals surface area contributed by atoms with Gasteiger partial charge in [-0.1, -0.05) is 30.0 Å². The number of aryl methyl sites for hydroxylation is 1. The van der Waals surface area contributed by atoms with Gasteiger partial charge in [0, 0.05) is 5.56 Å². The Morgan fingerprint density at radius 3 is 2.62 bits per heavy atom. The summed E-state index contributed by atoms with van der Waals surface area (Å²) in [5, 5.41) is 1.09. The lowest BCUT2D eigenvalue weighted by atomic mass is 10.1. The van der Waals surface area contributed by atoms with E-state index in [0.29, 0.717) is 26.4 Å². The lowest BCUT2D eigenvalue weighted by Gasteiger charge is -2.16. The second-order valence-electron chi connectivity index (χ2n) is 6.01. The first-order valence-electron chi connectivity index (χ1n) is 8.41. The van der Waals surface area contributed by atoms with Gasteiger partial charge in [0.1, 0.15) is 0 Å². The molecule has 1 heterocycles. The number of benzene rings is 2. The number of carbonyl (C=O) groups is 2. The van der Waals surface area contributed by atoms with E-state index in [1.54, 1.807) is 37.5 Å². The molecule has 6 nitrogen and oxygen atoms in total. The summed E-state index contributed by atoms with van der Waals surface area (Å²) in [6.07, 6.45) is 1.69. The summed E-state index contributed by atoms with van der Waals surface area (Å²) in [6.45, 7) is 1.83. The van der Waals surface area contributed by atoms with Crippen LogP contribution in [0.4, 0.5) is 0 Å². The number of thioether (sulfide) groups is 1. The molecule has 0 saturated carbocycles. The summed E-state index contributed by atoms with van der Waals surface area (Å²) in [6, 6.07) is 10.7. The first-order chi connectivity index (χ1) is 13.8. The van der Waals surface area contributed by atoms with Crippen molar-refractivity contribution in [1.82, 2.24) is 10.4 Å². The zero-order valence-corrected chi connectivity index (χ0v) is 19.0. The first-order valence-corrected chi connectivity index (χ1v) is 10.4. The number of methoxy groups -OCH3 is 2. The second-order valence-corrected chi connectivity index (χ2v) is 8.54. The molecule has 0 atom stereocenters. The van der Waals surface area contributed by atoms with Crippen LogP contribution in [-0.2, 0) is 4.79 Å². The van der Waals surface area contributed by atoms with Gasteiger partial charge in [0.25, 0.3) is 11.8 Å². The maximum atomic E-state index is 12.8. The number of nitrogens with zero attached hydrogens (tertiary/aromatic N) is 1. The standard InChI is InChI=1S/C20H17BrN2O4S2/c1-11-6-4-5-7-13(11)18(24)22-23-19(25)16(29-20(23)28)10-12-8-14(21)17(27-3)15(9-12)26-2/h4-10H,1-3H3,(H,22,24)/b16-10-. The minimum absolute atomic E-state index is 0.253. The molecule has 3 rings (SSSR count). The third-order valence-electron chi connectivity index (χ3n) is 4.15. The molecule has 1 aliphatic heterocycles. The third kappa shape index (κ3) is 4.47. The fourth-order valence-corrected chi connectivity index (χ4v) is 4.53. The van der Waals surface area contributed by atoms with Crippen LogP contribution < -0.4 is 14.9 Å². The molecule has 0 spiro atoms. The predicted molar refractivity (Wildman–Crippen MR) is 121 cm³/mol. The van der Waals surface area contributed by atoms with Gasteiger partial charge in [-0.3, -0.25) is 15.0 Å². The molecule has 29 heavy (non-hydrogen) atoms. The molecule has 0 aromatic heterocycles. The smallest absolute Gasteiger partial charge is 0.285 e. The average molecular weight is 493 g/mol. The van der Waals surface area contributed by atoms with E-state index in [0.717, 1.165) is 27.9 Å². The molecule has 0 aliphatic carbocycles. The maximum absolute atomic E-state index is 12.8. The van der Waals surface area contributed by atoms with Crippen LogP contribution in [0, 0.1) is 6.92 Å². The molecule has 1 saturated heterocycles. The van der Waals surface area contributed by atoms with Gasteiger partial charge >= 0.3 is 0 Å². The van der Waals surface area contributed by atoms with Crippen molar-refractivity contribution in [2.24, 2.45) is 0 Å². The first kappa shape index (κ1) is 21.4. The van der Waals surface area contributed by atoms with Crippen LogP contribution in [0.25, 0.3) is 6.08 Å². The Morgan fingerprint density at radius 2 is 1.97 bits per heavy atom. The van der Waals surface area contributed by atoms with Crippen LogP contribution in [0.3, 0.4) is 0 Å². The van der Waals surface area contributed by atoms with E-state index in [4.69, 9.17) is 21.7 Å². The number of hydrogen-bond donors (Lipinski definition) is 1. The van der Waals surface area contributed by atoms with Gasteiger partial charge in [0.05, 0.1) is 23.6 Å². The Labute approximate surface area is 186 Å². The minimum Gasteiger partial charge on any atom is -0.493 e. The van der Waals surface area contributed by atoms with E-state index in [-0.39, 0.29) is 4.32 Å². The van der Waals surface area contributed by atoms with Crippen molar-refractivity contribution in [2.45, 2.75) is 6.92 Å².